The van der Waals surface area contributed by atoms with E-state index < -0.39 is 0 Å². The Morgan fingerprint density at radius 1 is 0.295 bits per heavy atom. The molecule has 27 rings (SSSR count). The molecule has 21 aromatic rings. The Labute approximate surface area is 814 Å². The van der Waals surface area contributed by atoms with Crippen LogP contribution in [0.1, 0.15) is 122 Å². The summed E-state index contributed by atoms with van der Waals surface area (Å²) in [4.78, 5) is 5.23. The maximum atomic E-state index is 2.67. The van der Waals surface area contributed by atoms with Gasteiger partial charge in [-0.25, -0.2) is 0 Å². The Morgan fingerprint density at radius 3 is 1.38 bits per heavy atom. The first kappa shape index (κ1) is 82.3. The van der Waals surface area contributed by atoms with Crippen molar-refractivity contribution in [3.05, 3.63) is 506 Å². The Balaban J connectivity index is 0.532. The molecule has 2 bridgehead atoms. The molecule has 6 aliphatic carbocycles. The molecule has 6 aliphatic rings. The van der Waals surface area contributed by atoms with Crippen LogP contribution in [0.3, 0.4) is 0 Å². The first-order valence-electron chi connectivity index (χ1n) is 50.3. The van der Waals surface area contributed by atoms with Crippen molar-refractivity contribution < 1.29 is 0 Å². The fourth-order valence-corrected chi connectivity index (χ4v) is 26.6. The highest BCUT2D eigenvalue weighted by molar-refractivity contribution is 6.12. The van der Waals surface area contributed by atoms with Crippen LogP contribution in [0.25, 0.3) is 161 Å². The van der Waals surface area contributed by atoms with E-state index in [1.165, 1.54) is 238 Å². The number of anilines is 5. The molecule has 19 aromatic carbocycles. The predicted molar refractivity (Wildman–Crippen MR) is 583 cm³/mol. The van der Waals surface area contributed by atoms with Crippen molar-refractivity contribution in [2.45, 2.75) is 93.9 Å². The van der Waals surface area contributed by atoms with Crippen molar-refractivity contribution in [1.82, 2.24) is 9.13 Å². The SMILES string of the molecule is C[C@@H](c1cccc(-c2ccc3c4ccccc4n(-c4ccccc4)c3c2)c1)N(c1ccc2c(c1)-c1ccccc1C21CCCCC1)c1ccccc1-c1ccccc1-c1ccccc1-c1cccc(C2CC3CC2CC32c3ccccc3-c3cc(N(c4ccc(-c5ccc6c7ccccc7n(-c7ccccc7)c6c5)cc4)c4ccccc4-c4ccccc4-c4ccccc4C4=CCCC=C4)ccc32)c1. The summed E-state index contributed by atoms with van der Waals surface area (Å²) in [5.41, 5.74) is 46.4. The molecule has 3 fully saturated rings. The molecule has 2 spiro atoms. The Morgan fingerprint density at radius 2 is 0.748 bits per heavy atom. The maximum Gasteiger partial charge on any atom is 0.0563 e. The van der Waals surface area contributed by atoms with Crippen LogP contribution in [-0.4, -0.2) is 9.13 Å². The molecule has 2 heterocycles. The monoisotopic (exact) mass is 1780 g/mol. The topological polar surface area (TPSA) is 16.3 Å². The summed E-state index contributed by atoms with van der Waals surface area (Å²) in [7, 11) is 0. The van der Waals surface area contributed by atoms with Crippen molar-refractivity contribution in [1.29, 1.82) is 0 Å². The summed E-state index contributed by atoms with van der Waals surface area (Å²) in [6.45, 7) is 2.43. The van der Waals surface area contributed by atoms with E-state index in [0.29, 0.717) is 17.8 Å². The Kier molecular flexibility index (Phi) is 20.0. The second kappa shape index (κ2) is 33.7. The van der Waals surface area contributed by atoms with Crippen molar-refractivity contribution in [2.75, 3.05) is 9.80 Å². The van der Waals surface area contributed by atoms with Crippen LogP contribution in [-0.2, 0) is 10.8 Å². The molecule has 0 radical (unpaired) electrons. The summed E-state index contributed by atoms with van der Waals surface area (Å²) < 4.78 is 4.86. The molecular weight excluding hydrogens is 1680 g/mol. The van der Waals surface area contributed by atoms with Gasteiger partial charge in [0.25, 0.3) is 0 Å². The van der Waals surface area contributed by atoms with Gasteiger partial charge in [0.1, 0.15) is 0 Å². The maximum absolute atomic E-state index is 2.67. The van der Waals surface area contributed by atoms with Gasteiger partial charge in [-0.2, -0.15) is 0 Å². The lowest BCUT2D eigenvalue weighted by molar-refractivity contribution is 0.299. The first-order chi connectivity index (χ1) is 68.8. The molecule has 2 aromatic heterocycles. The van der Waals surface area contributed by atoms with Gasteiger partial charge < -0.3 is 18.9 Å². The number of fused-ring (bicyclic) bond motifs is 19. The van der Waals surface area contributed by atoms with Crippen molar-refractivity contribution in [3.63, 3.8) is 0 Å². The van der Waals surface area contributed by atoms with Crippen LogP contribution in [0.5, 0.6) is 0 Å². The van der Waals surface area contributed by atoms with Gasteiger partial charge in [0, 0.05) is 77.6 Å². The van der Waals surface area contributed by atoms with Gasteiger partial charge in [-0.3, -0.25) is 0 Å². The Hall–Kier alpha value is -16.1. The van der Waals surface area contributed by atoms with Crippen LogP contribution in [0.2, 0.25) is 0 Å². The third kappa shape index (κ3) is 13.4. The third-order valence-corrected chi connectivity index (χ3v) is 32.7. The lowest BCUT2D eigenvalue weighted by atomic mass is 9.64. The van der Waals surface area contributed by atoms with Crippen LogP contribution >= 0.6 is 0 Å². The highest BCUT2D eigenvalue weighted by Crippen LogP contribution is 2.70. The van der Waals surface area contributed by atoms with Crippen molar-refractivity contribution in [2.24, 2.45) is 11.8 Å². The molecule has 0 aliphatic heterocycles. The molecular formula is C135H104N4. The quantitative estimate of drug-likeness (QED) is 0.0851. The minimum atomic E-state index is -0.119. The summed E-state index contributed by atoms with van der Waals surface area (Å²) in [6.07, 6.45) is 18.8. The van der Waals surface area contributed by atoms with Gasteiger partial charge in [-0.1, -0.05) is 383 Å². The number of benzene rings is 19. The van der Waals surface area contributed by atoms with E-state index in [2.05, 4.69) is 493 Å². The fraction of sp³-hybridized carbons (Fsp3) is 0.126. The summed E-state index contributed by atoms with van der Waals surface area (Å²) >= 11 is 0. The van der Waals surface area contributed by atoms with Gasteiger partial charge in [0.15, 0.2) is 0 Å². The van der Waals surface area contributed by atoms with E-state index >= 15 is 0 Å². The summed E-state index contributed by atoms with van der Waals surface area (Å²) in [5, 5.41) is 5.01. The number of nitrogens with zero attached hydrogens (tertiary/aromatic N) is 4. The zero-order valence-corrected chi connectivity index (χ0v) is 78.1. The van der Waals surface area contributed by atoms with Crippen LogP contribution in [0.4, 0.5) is 28.4 Å². The molecule has 139 heavy (non-hydrogen) atoms. The van der Waals surface area contributed by atoms with E-state index in [-0.39, 0.29) is 16.9 Å². The van der Waals surface area contributed by atoms with Crippen LogP contribution in [0, 0.1) is 11.8 Å². The number of rotatable bonds is 18. The highest BCUT2D eigenvalue weighted by atomic mass is 15.2. The second-order valence-corrected chi connectivity index (χ2v) is 39.8. The molecule has 0 amide bonds. The minimum Gasteiger partial charge on any atom is -0.334 e. The van der Waals surface area contributed by atoms with Crippen LogP contribution in [0.15, 0.2) is 467 Å². The normalized spacial score (nSPS) is 17.1. The predicted octanol–water partition coefficient (Wildman–Crippen LogP) is 36.4. The fourth-order valence-electron chi connectivity index (χ4n) is 26.6. The average molecular weight is 1780 g/mol. The van der Waals surface area contributed by atoms with E-state index in [1.807, 2.05) is 0 Å². The molecule has 3 saturated carbocycles. The number of hydrogen-bond acceptors (Lipinski definition) is 2. The summed E-state index contributed by atoms with van der Waals surface area (Å²) in [5.74, 6) is 1.37. The third-order valence-electron chi connectivity index (χ3n) is 32.7. The first-order valence-corrected chi connectivity index (χ1v) is 50.3. The number of allylic oxidation sites excluding steroid dienone is 4. The lowest BCUT2D eigenvalue weighted by Crippen LogP contribution is -2.34. The van der Waals surface area contributed by atoms with E-state index in [0.717, 1.165) is 54.1 Å². The molecule has 5 atom stereocenters. The van der Waals surface area contributed by atoms with E-state index in [9.17, 15) is 0 Å². The number of aromatic nitrogens is 2. The average Bonchev–Trinajstić information content (AvgIpc) is 1.52. The number of hydrogen-bond donors (Lipinski definition) is 0. The van der Waals surface area contributed by atoms with Gasteiger partial charge in [-0.05, 0) is 306 Å². The second-order valence-electron chi connectivity index (χ2n) is 39.8. The van der Waals surface area contributed by atoms with E-state index in [4.69, 9.17) is 0 Å². The van der Waals surface area contributed by atoms with Crippen molar-refractivity contribution in [3.8, 4) is 112 Å². The van der Waals surface area contributed by atoms with Crippen molar-refractivity contribution >= 4 is 77.6 Å². The minimum absolute atomic E-state index is 0.0343. The number of para-hydroxylation sites is 6. The van der Waals surface area contributed by atoms with Gasteiger partial charge in [0.05, 0.1) is 33.8 Å². The smallest absolute Gasteiger partial charge is 0.0563 e. The van der Waals surface area contributed by atoms with Crippen LogP contribution < -0.4 is 9.80 Å². The van der Waals surface area contributed by atoms with E-state index in [1.54, 1.807) is 0 Å². The molecule has 0 saturated heterocycles. The summed E-state index contributed by atoms with van der Waals surface area (Å²) in [6, 6.07) is 171. The molecule has 4 unspecified atom stereocenters. The molecule has 4 nitrogen and oxygen atoms in total. The highest BCUT2D eigenvalue weighted by Gasteiger charge is 2.60. The molecule has 4 heteroatoms. The molecule has 0 N–H and O–H groups in total. The Bertz CT molecular complexity index is 8520. The zero-order chi connectivity index (χ0) is 91.8. The lowest BCUT2D eigenvalue weighted by Gasteiger charge is -2.39. The van der Waals surface area contributed by atoms with Gasteiger partial charge in [0.2, 0.25) is 0 Å². The van der Waals surface area contributed by atoms with Gasteiger partial charge >= 0.3 is 0 Å². The molecule has 664 valence electrons. The standard InChI is InChI=1S/C135H104N4/c1-89(92-38-34-39-93(80-92)95-69-75-120-118-59-25-31-65-131(118)139(133(120)84-95)101-44-10-4-11-45-101)136(103-72-76-125-122(86-103)113-54-20-26-60-124(113)134(125)78-32-5-33-79-134)128-62-28-22-56-115(128)111-52-18-17-51-110(111)108-49-15-13-47-106(108)96-40-35-41-97(81-96)121-85-99-82-98(121)88-135(99)126-61-27-21-55-114(126)123-87-104(73-77-127(123)135)137(129-63-29-23-57-116(129)112-53-19-16-50-109(112)107-48-14-12-46-105(107)91-36-6-2-7-37-91)102-70-66-90(67-71-102)94-68-74-119-117-58-24-30-64-130(117)138(132(119)83-94)100-42-8-3-9-43-100/h3-4,6,8-31,34-77,80-81,83-84,86-87,89,98-99,121H,2,5,7,32-33,78-79,82,85,88H2,1H3/t89-,98?,99?,121?,135?/m0/s1. The zero-order valence-electron chi connectivity index (χ0n) is 78.1. The largest absolute Gasteiger partial charge is 0.334 e. The van der Waals surface area contributed by atoms with Gasteiger partial charge in [-0.15, -0.1) is 0 Å².